The van der Waals surface area contributed by atoms with E-state index in [0.29, 0.717) is 9.60 Å². The Morgan fingerprint density at radius 3 is 2.86 bits per heavy atom. The predicted octanol–water partition coefficient (Wildman–Crippen LogP) is 2.59. The van der Waals surface area contributed by atoms with Crippen LogP contribution in [0.15, 0.2) is 22.4 Å². The minimum Gasteiger partial charge on any atom is -0.506 e. The van der Waals surface area contributed by atoms with Gasteiger partial charge in [-0.15, -0.1) is 24.0 Å². The molecule has 0 bridgehead atoms. The Bertz CT molecular complexity index is 516. The lowest BCUT2D eigenvalue weighted by Gasteiger charge is -2.02. The highest BCUT2D eigenvalue weighted by Gasteiger charge is 2.15. The molecular weight excluding hydrogens is 220 g/mol. The van der Waals surface area contributed by atoms with E-state index in [2.05, 4.69) is 12.6 Å². The zero-order valence-corrected chi connectivity index (χ0v) is 8.60. The highest BCUT2D eigenvalue weighted by molar-refractivity contribution is 7.80. The number of benzene rings is 1. The molecule has 0 aliphatic heterocycles. The molecule has 0 aliphatic carbocycles. The minimum absolute atomic E-state index is 0.107. The van der Waals surface area contributed by atoms with Crippen LogP contribution in [-0.4, -0.2) is 16.2 Å². The van der Waals surface area contributed by atoms with Gasteiger partial charge in [-0.3, -0.25) is 0 Å². The highest BCUT2D eigenvalue weighted by Crippen LogP contribution is 2.36. The fourth-order valence-corrected chi connectivity index (χ4v) is 2.52. The van der Waals surface area contributed by atoms with Crippen LogP contribution >= 0.6 is 24.0 Å². The van der Waals surface area contributed by atoms with Crippen LogP contribution in [0.1, 0.15) is 10.4 Å². The number of fused-ring (bicyclic) bond motifs is 1. The van der Waals surface area contributed by atoms with Crippen LogP contribution in [0.4, 0.5) is 0 Å². The van der Waals surface area contributed by atoms with Crippen LogP contribution in [0.25, 0.3) is 10.1 Å². The molecule has 0 radical (unpaired) electrons. The van der Waals surface area contributed by atoms with Gasteiger partial charge >= 0.3 is 5.97 Å². The molecule has 1 aromatic heterocycles. The molecule has 5 heteroatoms. The summed E-state index contributed by atoms with van der Waals surface area (Å²) in [5.74, 6) is -1.33. The largest absolute Gasteiger partial charge is 0.506 e. The second kappa shape index (κ2) is 3.18. The molecular formula is C9H6O3S2. The number of hydrogen-bond acceptors (Lipinski definition) is 4. The quantitative estimate of drug-likeness (QED) is 0.655. The van der Waals surface area contributed by atoms with Gasteiger partial charge in [-0.1, -0.05) is 0 Å². The first-order chi connectivity index (χ1) is 6.61. The Kier molecular flexibility index (Phi) is 2.13. The van der Waals surface area contributed by atoms with Crippen molar-refractivity contribution >= 4 is 40.0 Å². The highest BCUT2D eigenvalue weighted by atomic mass is 32.1. The van der Waals surface area contributed by atoms with Crippen LogP contribution in [0.5, 0.6) is 5.75 Å². The lowest BCUT2D eigenvalue weighted by atomic mass is 10.1. The van der Waals surface area contributed by atoms with E-state index in [4.69, 9.17) is 5.11 Å². The van der Waals surface area contributed by atoms with Crippen molar-refractivity contribution in [3.05, 3.63) is 23.1 Å². The summed E-state index contributed by atoms with van der Waals surface area (Å²) in [6.07, 6.45) is 0. The molecule has 1 aromatic carbocycles. The van der Waals surface area contributed by atoms with Gasteiger partial charge < -0.3 is 10.2 Å². The first kappa shape index (κ1) is 9.36. The third kappa shape index (κ3) is 1.25. The number of carbonyl (C=O) groups is 1. The molecule has 3 nitrogen and oxygen atoms in total. The van der Waals surface area contributed by atoms with Gasteiger partial charge in [0.25, 0.3) is 0 Å². The van der Waals surface area contributed by atoms with E-state index >= 15 is 0 Å². The van der Waals surface area contributed by atoms with Crippen molar-refractivity contribution in [2.45, 2.75) is 4.90 Å². The van der Waals surface area contributed by atoms with Gasteiger partial charge in [0.05, 0.1) is 4.70 Å². The Morgan fingerprint density at radius 2 is 2.21 bits per heavy atom. The van der Waals surface area contributed by atoms with E-state index in [0.717, 1.165) is 5.39 Å². The molecule has 0 saturated carbocycles. The minimum atomic E-state index is -1.15. The van der Waals surface area contributed by atoms with Crippen molar-refractivity contribution in [2.75, 3.05) is 0 Å². The second-order valence-electron chi connectivity index (χ2n) is 2.76. The predicted molar refractivity (Wildman–Crippen MR) is 57.7 cm³/mol. The number of carboxylic acid groups (broad SMARTS) is 1. The van der Waals surface area contributed by atoms with E-state index in [1.54, 1.807) is 11.4 Å². The van der Waals surface area contributed by atoms with Gasteiger partial charge in [-0.25, -0.2) is 4.79 Å². The maximum Gasteiger partial charge on any atom is 0.339 e. The maximum atomic E-state index is 10.8. The Hall–Kier alpha value is -1.20. The van der Waals surface area contributed by atoms with E-state index in [1.807, 2.05) is 0 Å². The van der Waals surface area contributed by atoms with Gasteiger partial charge in [-0.2, -0.15) is 0 Å². The van der Waals surface area contributed by atoms with E-state index in [9.17, 15) is 9.90 Å². The van der Waals surface area contributed by atoms with Crippen LogP contribution < -0.4 is 0 Å². The summed E-state index contributed by atoms with van der Waals surface area (Å²) in [7, 11) is 0. The molecule has 0 amide bonds. The monoisotopic (exact) mass is 226 g/mol. The topological polar surface area (TPSA) is 57.5 Å². The molecule has 0 fully saturated rings. The van der Waals surface area contributed by atoms with Crippen molar-refractivity contribution in [3.8, 4) is 5.75 Å². The molecule has 0 saturated heterocycles. The SMILES string of the molecule is O=C(O)c1cc(S)c2ccsc2c1O. The molecule has 2 rings (SSSR count). The number of carboxylic acids is 1. The van der Waals surface area contributed by atoms with Crippen molar-refractivity contribution < 1.29 is 15.0 Å². The molecule has 1 heterocycles. The van der Waals surface area contributed by atoms with Crippen molar-refractivity contribution in [1.82, 2.24) is 0 Å². The number of phenols is 1. The first-order valence-electron chi connectivity index (χ1n) is 3.76. The summed E-state index contributed by atoms with van der Waals surface area (Å²) in [5.41, 5.74) is -0.107. The molecule has 0 atom stereocenters. The van der Waals surface area contributed by atoms with Gasteiger partial charge in [-0.05, 0) is 17.5 Å². The normalized spacial score (nSPS) is 10.6. The fraction of sp³-hybridized carbons (Fsp3) is 0. The molecule has 2 aromatic rings. The summed E-state index contributed by atoms with van der Waals surface area (Å²) < 4.78 is 0.565. The van der Waals surface area contributed by atoms with Gasteiger partial charge in [0, 0.05) is 10.3 Å². The number of aromatic carboxylic acids is 1. The number of aromatic hydroxyl groups is 1. The van der Waals surface area contributed by atoms with Crippen molar-refractivity contribution in [2.24, 2.45) is 0 Å². The average molecular weight is 226 g/mol. The van der Waals surface area contributed by atoms with Gasteiger partial charge in [0.1, 0.15) is 11.3 Å². The lowest BCUT2D eigenvalue weighted by Crippen LogP contribution is -1.96. The zero-order chi connectivity index (χ0) is 10.3. The average Bonchev–Trinajstić information content (AvgIpc) is 2.59. The molecule has 0 aliphatic rings. The van der Waals surface area contributed by atoms with Gasteiger partial charge in [0.2, 0.25) is 0 Å². The Morgan fingerprint density at radius 1 is 1.50 bits per heavy atom. The molecule has 2 N–H and O–H groups in total. The molecule has 72 valence electrons. The third-order valence-corrected chi connectivity index (χ3v) is 3.21. The van der Waals surface area contributed by atoms with Gasteiger partial charge in [0.15, 0.2) is 0 Å². The maximum absolute atomic E-state index is 10.8. The van der Waals surface area contributed by atoms with Crippen LogP contribution in [-0.2, 0) is 0 Å². The second-order valence-corrected chi connectivity index (χ2v) is 4.16. The molecule has 14 heavy (non-hydrogen) atoms. The number of thiol groups is 1. The Labute approximate surface area is 89.0 Å². The summed E-state index contributed by atoms with van der Waals surface area (Å²) in [6.45, 7) is 0. The third-order valence-electron chi connectivity index (χ3n) is 1.92. The standard InChI is InChI=1S/C9H6O3S2/c10-7-5(9(11)12)3-6(13)4-1-2-14-8(4)7/h1-3,10,13H,(H,11,12). The fourth-order valence-electron chi connectivity index (χ4n) is 1.26. The smallest absolute Gasteiger partial charge is 0.339 e. The Balaban J connectivity index is 2.88. The summed E-state index contributed by atoms with van der Waals surface area (Å²) in [5, 5.41) is 21.0. The lowest BCUT2D eigenvalue weighted by molar-refractivity contribution is 0.0694. The molecule has 0 spiro atoms. The van der Waals surface area contributed by atoms with E-state index in [1.165, 1.54) is 17.4 Å². The first-order valence-corrected chi connectivity index (χ1v) is 5.09. The van der Waals surface area contributed by atoms with Crippen molar-refractivity contribution in [1.29, 1.82) is 0 Å². The van der Waals surface area contributed by atoms with E-state index < -0.39 is 5.97 Å². The van der Waals surface area contributed by atoms with Crippen LogP contribution in [0, 0.1) is 0 Å². The van der Waals surface area contributed by atoms with E-state index in [-0.39, 0.29) is 11.3 Å². The summed E-state index contributed by atoms with van der Waals surface area (Å²) >= 11 is 5.46. The summed E-state index contributed by atoms with van der Waals surface area (Å²) in [4.78, 5) is 11.3. The number of hydrogen-bond donors (Lipinski definition) is 3. The molecule has 0 unspecified atom stereocenters. The number of rotatable bonds is 1. The summed E-state index contributed by atoms with van der Waals surface area (Å²) in [6, 6.07) is 3.16. The number of thiophene rings is 1. The van der Waals surface area contributed by atoms with Crippen LogP contribution in [0.2, 0.25) is 0 Å². The van der Waals surface area contributed by atoms with Crippen molar-refractivity contribution in [3.63, 3.8) is 0 Å². The van der Waals surface area contributed by atoms with Crippen LogP contribution in [0.3, 0.4) is 0 Å². The zero-order valence-electron chi connectivity index (χ0n) is 6.89.